The number of thiophene rings is 1. The molecule has 0 saturated carbocycles. The first-order valence-corrected chi connectivity index (χ1v) is 10.6. The number of hydrogen-bond donors (Lipinski definition) is 2. The highest BCUT2D eigenvalue weighted by atomic mass is 32.1. The van der Waals surface area contributed by atoms with Crippen molar-refractivity contribution in [2.24, 2.45) is 5.41 Å². The van der Waals surface area contributed by atoms with Crippen LogP contribution in [0.4, 0.5) is 16.4 Å². The van der Waals surface area contributed by atoms with Gasteiger partial charge in [0, 0.05) is 30.1 Å². The molecule has 3 rings (SSSR count). The van der Waals surface area contributed by atoms with Crippen LogP contribution in [0.5, 0.6) is 5.75 Å². The van der Waals surface area contributed by atoms with Gasteiger partial charge in [-0.3, -0.25) is 14.4 Å². The lowest BCUT2D eigenvalue weighted by molar-refractivity contribution is -0.123. The molecule has 1 fully saturated rings. The van der Waals surface area contributed by atoms with Gasteiger partial charge >= 0.3 is 0 Å². The zero-order valence-corrected chi connectivity index (χ0v) is 18.7. The van der Waals surface area contributed by atoms with Gasteiger partial charge in [0.2, 0.25) is 11.8 Å². The van der Waals surface area contributed by atoms with Crippen LogP contribution in [-0.2, 0) is 9.59 Å². The van der Waals surface area contributed by atoms with Crippen LogP contribution < -0.4 is 20.3 Å². The highest BCUT2D eigenvalue weighted by molar-refractivity contribution is 7.18. The van der Waals surface area contributed by atoms with Gasteiger partial charge in [-0.05, 0) is 37.1 Å². The fourth-order valence-corrected chi connectivity index (χ4v) is 4.10. The van der Waals surface area contributed by atoms with Crippen molar-refractivity contribution in [3.63, 3.8) is 0 Å². The molecule has 1 aliphatic rings. The molecule has 1 aromatic heterocycles. The molecule has 30 heavy (non-hydrogen) atoms. The molecule has 0 atom stereocenters. The summed E-state index contributed by atoms with van der Waals surface area (Å²) in [7, 11) is 1.54. The van der Waals surface area contributed by atoms with Crippen molar-refractivity contribution >= 4 is 45.4 Å². The summed E-state index contributed by atoms with van der Waals surface area (Å²) in [6.07, 6.45) is 1.36. The van der Waals surface area contributed by atoms with Gasteiger partial charge in [0.25, 0.3) is 5.91 Å². The minimum absolute atomic E-state index is 0.0733. The molecule has 0 radical (unpaired) electrons. The topological polar surface area (TPSA) is 87.7 Å². The van der Waals surface area contributed by atoms with Crippen LogP contribution in [0.2, 0.25) is 0 Å². The number of carbonyl (C=O) groups excluding carboxylic acids is 3. The normalized spacial score (nSPS) is 14.0. The molecular formula is C22H27N3O4S. The van der Waals surface area contributed by atoms with E-state index in [1.807, 2.05) is 27.7 Å². The van der Waals surface area contributed by atoms with Gasteiger partial charge in [0.15, 0.2) is 0 Å². The fraction of sp³-hybridized carbons (Fsp3) is 0.409. The van der Waals surface area contributed by atoms with Crippen molar-refractivity contribution < 1.29 is 19.1 Å². The van der Waals surface area contributed by atoms with E-state index in [2.05, 4.69) is 10.6 Å². The molecular weight excluding hydrogens is 402 g/mol. The van der Waals surface area contributed by atoms with Crippen LogP contribution >= 0.6 is 11.3 Å². The highest BCUT2D eigenvalue weighted by Crippen LogP contribution is 2.35. The summed E-state index contributed by atoms with van der Waals surface area (Å²) in [5.74, 6) is 0.238. The number of aryl methyl sites for hydroxylation is 1. The van der Waals surface area contributed by atoms with Gasteiger partial charge in [0.05, 0.1) is 22.7 Å². The molecule has 2 aromatic rings. The lowest BCUT2D eigenvalue weighted by atomic mass is 9.96. The van der Waals surface area contributed by atoms with Gasteiger partial charge in [-0.1, -0.05) is 20.8 Å². The number of anilines is 3. The monoisotopic (exact) mass is 429 g/mol. The maximum Gasteiger partial charge on any atom is 0.266 e. The average Bonchev–Trinajstić information content (AvgIpc) is 3.26. The Hall–Kier alpha value is -2.87. The molecule has 2 N–H and O–H groups in total. The SMILES string of the molecule is COc1cc(NC(=O)c2sc(NC(=O)C(C)(C)C)cc2C)ccc1N1CCCC1=O. The highest BCUT2D eigenvalue weighted by Gasteiger charge is 2.25. The molecule has 1 aromatic carbocycles. The van der Waals surface area contributed by atoms with Crippen molar-refractivity contribution in [3.05, 3.63) is 34.7 Å². The van der Waals surface area contributed by atoms with E-state index in [0.717, 1.165) is 12.0 Å². The summed E-state index contributed by atoms with van der Waals surface area (Å²) >= 11 is 1.24. The predicted octanol–water partition coefficient (Wildman–Crippen LogP) is 4.43. The predicted molar refractivity (Wildman–Crippen MR) is 120 cm³/mol. The summed E-state index contributed by atoms with van der Waals surface area (Å²) in [6.45, 7) is 8.01. The van der Waals surface area contributed by atoms with Gasteiger partial charge in [-0.2, -0.15) is 0 Å². The molecule has 0 unspecified atom stereocenters. The molecule has 0 spiro atoms. The second-order valence-electron chi connectivity index (χ2n) is 8.32. The zero-order valence-electron chi connectivity index (χ0n) is 17.9. The van der Waals surface area contributed by atoms with Crippen LogP contribution in [0, 0.1) is 12.3 Å². The first-order chi connectivity index (χ1) is 14.1. The molecule has 160 valence electrons. The van der Waals surface area contributed by atoms with Gasteiger partial charge in [0.1, 0.15) is 5.75 Å². The number of nitrogens with one attached hydrogen (secondary N) is 2. The Balaban J connectivity index is 1.76. The van der Waals surface area contributed by atoms with E-state index in [9.17, 15) is 14.4 Å². The maximum absolute atomic E-state index is 12.8. The molecule has 0 bridgehead atoms. The van der Waals surface area contributed by atoms with Crippen molar-refractivity contribution in [2.45, 2.75) is 40.5 Å². The quantitative estimate of drug-likeness (QED) is 0.736. The second kappa shape index (κ2) is 8.47. The van der Waals surface area contributed by atoms with Crippen molar-refractivity contribution in [1.29, 1.82) is 0 Å². The van der Waals surface area contributed by atoms with E-state index >= 15 is 0 Å². The summed E-state index contributed by atoms with van der Waals surface area (Å²) in [6, 6.07) is 7.05. The number of nitrogens with zero attached hydrogens (tertiary/aromatic N) is 1. The molecule has 7 nitrogen and oxygen atoms in total. The van der Waals surface area contributed by atoms with Gasteiger partial charge in [-0.15, -0.1) is 11.3 Å². The molecule has 1 aliphatic heterocycles. The first-order valence-electron chi connectivity index (χ1n) is 9.82. The molecule has 3 amide bonds. The zero-order chi connectivity index (χ0) is 22.1. The van der Waals surface area contributed by atoms with Gasteiger partial charge < -0.3 is 20.3 Å². The number of amides is 3. The number of ether oxygens (including phenoxy) is 1. The summed E-state index contributed by atoms with van der Waals surface area (Å²) in [4.78, 5) is 39.3. The summed E-state index contributed by atoms with van der Waals surface area (Å²) < 4.78 is 5.45. The minimum Gasteiger partial charge on any atom is -0.494 e. The lowest BCUT2D eigenvalue weighted by Gasteiger charge is -2.19. The number of benzene rings is 1. The molecule has 2 heterocycles. The summed E-state index contributed by atoms with van der Waals surface area (Å²) in [5, 5.41) is 6.38. The minimum atomic E-state index is -0.519. The van der Waals surface area contributed by atoms with E-state index in [0.29, 0.717) is 40.0 Å². The fourth-order valence-electron chi connectivity index (χ4n) is 3.14. The Morgan fingerprint density at radius 1 is 1.17 bits per heavy atom. The Morgan fingerprint density at radius 2 is 1.90 bits per heavy atom. The Kier molecular flexibility index (Phi) is 6.17. The summed E-state index contributed by atoms with van der Waals surface area (Å²) in [5.41, 5.74) is 1.54. The second-order valence-corrected chi connectivity index (χ2v) is 9.37. The Morgan fingerprint density at radius 3 is 2.50 bits per heavy atom. The van der Waals surface area contributed by atoms with E-state index in [4.69, 9.17) is 4.74 Å². The number of methoxy groups -OCH3 is 1. The third-order valence-corrected chi connectivity index (χ3v) is 6.00. The van der Waals surface area contributed by atoms with Crippen LogP contribution in [0.15, 0.2) is 24.3 Å². The smallest absolute Gasteiger partial charge is 0.266 e. The third-order valence-electron chi connectivity index (χ3n) is 4.84. The molecule has 1 saturated heterocycles. The Bertz CT molecular complexity index is 991. The largest absolute Gasteiger partial charge is 0.494 e. The molecule has 0 aliphatic carbocycles. The average molecular weight is 430 g/mol. The van der Waals surface area contributed by atoms with Crippen LogP contribution in [0.25, 0.3) is 0 Å². The van der Waals surface area contributed by atoms with E-state index in [-0.39, 0.29) is 17.7 Å². The van der Waals surface area contributed by atoms with Crippen LogP contribution in [0.3, 0.4) is 0 Å². The van der Waals surface area contributed by atoms with Crippen molar-refractivity contribution in [1.82, 2.24) is 0 Å². The van der Waals surface area contributed by atoms with E-state index < -0.39 is 5.41 Å². The first kappa shape index (κ1) is 21.8. The lowest BCUT2D eigenvalue weighted by Crippen LogP contribution is -2.27. The van der Waals surface area contributed by atoms with E-state index in [1.165, 1.54) is 11.3 Å². The van der Waals surface area contributed by atoms with E-state index in [1.54, 1.807) is 36.3 Å². The number of rotatable bonds is 5. The van der Waals surface area contributed by atoms with Crippen LogP contribution in [0.1, 0.15) is 48.8 Å². The van der Waals surface area contributed by atoms with Crippen molar-refractivity contribution in [2.75, 3.05) is 29.2 Å². The maximum atomic E-state index is 12.8. The standard InChI is InChI=1S/C22H27N3O4S/c1-13-11-17(24-21(28)22(2,3)4)30-19(13)20(27)23-14-8-9-15(16(12-14)29-5)25-10-6-7-18(25)26/h8-9,11-12H,6-7,10H2,1-5H3,(H,23,27)(H,24,28). The molecule has 8 heteroatoms. The van der Waals surface area contributed by atoms with Gasteiger partial charge in [-0.25, -0.2) is 0 Å². The van der Waals surface area contributed by atoms with Crippen molar-refractivity contribution in [3.8, 4) is 5.75 Å². The number of carbonyl (C=O) groups is 3. The van der Waals surface area contributed by atoms with Crippen LogP contribution in [-0.4, -0.2) is 31.4 Å². The third kappa shape index (κ3) is 4.64. The number of hydrogen-bond acceptors (Lipinski definition) is 5. The Labute approximate surface area is 180 Å².